The van der Waals surface area contributed by atoms with E-state index < -0.39 is 0 Å². The quantitative estimate of drug-likeness (QED) is 0.852. The van der Waals surface area contributed by atoms with Crippen molar-refractivity contribution in [2.45, 2.75) is 40.0 Å². The molecule has 1 aromatic carbocycles. The van der Waals surface area contributed by atoms with E-state index in [4.69, 9.17) is 11.6 Å². The molecule has 1 saturated heterocycles. The molecule has 25 heavy (non-hydrogen) atoms. The van der Waals surface area contributed by atoms with Crippen molar-refractivity contribution in [3.8, 4) is 0 Å². The highest BCUT2D eigenvalue weighted by molar-refractivity contribution is 6.31. The highest BCUT2D eigenvalue weighted by Crippen LogP contribution is 2.20. The molecule has 0 radical (unpaired) electrons. The molecule has 1 aliphatic heterocycles. The predicted octanol–water partition coefficient (Wildman–Crippen LogP) is 4.15. The Bertz CT molecular complexity index is 613. The molecule has 0 saturated carbocycles. The minimum atomic E-state index is -0.147. The zero-order chi connectivity index (χ0) is 18.4. The van der Waals surface area contributed by atoms with Crippen LogP contribution in [0, 0.1) is 12.8 Å². The second-order valence-corrected chi connectivity index (χ2v) is 7.27. The van der Waals surface area contributed by atoms with Crippen molar-refractivity contribution in [1.29, 1.82) is 0 Å². The highest BCUT2D eigenvalue weighted by Gasteiger charge is 2.24. The van der Waals surface area contributed by atoms with E-state index in [0.29, 0.717) is 49.2 Å². The van der Waals surface area contributed by atoms with Gasteiger partial charge in [0.25, 0.3) is 0 Å². The van der Waals surface area contributed by atoms with Gasteiger partial charge in [-0.3, -0.25) is 4.79 Å². The SMILES string of the molecule is CCCC(C)CC(=O)N1CCN(C(=O)Nc2ccc(C)c(Cl)c2)CC1. The number of halogens is 1. The maximum absolute atomic E-state index is 12.4. The smallest absolute Gasteiger partial charge is 0.321 e. The fraction of sp³-hybridized carbons (Fsp3) is 0.579. The van der Waals surface area contributed by atoms with Gasteiger partial charge >= 0.3 is 6.03 Å². The van der Waals surface area contributed by atoms with Gasteiger partial charge in [-0.1, -0.05) is 44.4 Å². The number of carbonyl (C=O) groups is 2. The minimum absolute atomic E-state index is 0.147. The number of piperazine rings is 1. The van der Waals surface area contributed by atoms with Gasteiger partial charge in [-0.05, 0) is 30.5 Å². The largest absolute Gasteiger partial charge is 0.339 e. The van der Waals surface area contributed by atoms with Gasteiger partial charge in [0.05, 0.1) is 0 Å². The summed E-state index contributed by atoms with van der Waals surface area (Å²) in [6, 6.07) is 5.33. The number of amides is 3. The van der Waals surface area contributed by atoms with E-state index >= 15 is 0 Å². The monoisotopic (exact) mass is 365 g/mol. The van der Waals surface area contributed by atoms with E-state index in [2.05, 4.69) is 19.2 Å². The number of rotatable bonds is 5. The lowest BCUT2D eigenvalue weighted by Gasteiger charge is -2.35. The number of benzene rings is 1. The van der Waals surface area contributed by atoms with Crippen LogP contribution in [-0.4, -0.2) is 47.9 Å². The van der Waals surface area contributed by atoms with Crippen LogP contribution in [0.1, 0.15) is 38.7 Å². The van der Waals surface area contributed by atoms with E-state index in [1.807, 2.05) is 24.0 Å². The van der Waals surface area contributed by atoms with E-state index in [0.717, 1.165) is 18.4 Å². The Morgan fingerprint density at radius 2 is 1.84 bits per heavy atom. The molecule has 0 bridgehead atoms. The van der Waals surface area contributed by atoms with Gasteiger partial charge in [0.15, 0.2) is 0 Å². The first-order chi connectivity index (χ1) is 11.9. The molecule has 1 fully saturated rings. The first kappa shape index (κ1) is 19.6. The second-order valence-electron chi connectivity index (χ2n) is 6.86. The molecule has 1 aliphatic rings. The van der Waals surface area contributed by atoms with Gasteiger partial charge < -0.3 is 15.1 Å². The second kappa shape index (κ2) is 9.09. The van der Waals surface area contributed by atoms with Crippen LogP contribution in [-0.2, 0) is 4.79 Å². The molecule has 1 atom stereocenters. The molecule has 1 heterocycles. The summed E-state index contributed by atoms with van der Waals surface area (Å²) < 4.78 is 0. The van der Waals surface area contributed by atoms with Gasteiger partial charge in [-0.2, -0.15) is 0 Å². The molecule has 2 rings (SSSR count). The fourth-order valence-electron chi connectivity index (χ4n) is 3.05. The van der Waals surface area contributed by atoms with Gasteiger partial charge in [0, 0.05) is 43.3 Å². The fourth-order valence-corrected chi connectivity index (χ4v) is 3.23. The molecule has 3 amide bonds. The average Bonchev–Trinajstić information content (AvgIpc) is 2.58. The Morgan fingerprint density at radius 1 is 1.20 bits per heavy atom. The van der Waals surface area contributed by atoms with E-state index in [9.17, 15) is 9.59 Å². The molecule has 6 heteroatoms. The van der Waals surface area contributed by atoms with Crippen LogP contribution in [0.3, 0.4) is 0 Å². The van der Waals surface area contributed by atoms with Crippen LogP contribution in [0.25, 0.3) is 0 Å². The lowest BCUT2D eigenvalue weighted by molar-refractivity contribution is -0.133. The molecule has 0 aromatic heterocycles. The summed E-state index contributed by atoms with van der Waals surface area (Å²) >= 11 is 6.09. The Labute approximate surface area is 155 Å². The van der Waals surface area contributed by atoms with Crippen molar-refractivity contribution in [3.63, 3.8) is 0 Å². The molecule has 138 valence electrons. The molecule has 1 unspecified atom stereocenters. The topological polar surface area (TPSA) is 52.7 Å². The third-order valence-electron chi connectivity index (χ3n) is 4.65. The van der Waals surface area contributed by atoms with Gasteiger partial charge in [-0.15, -0.1) is 0 Å². The number of nitrogens with zero attached hydrogens (tertiary/aromatic N) is 2. The van der Waals surface area contributed by atoms with Crippen molar-refractivity contribution in [3.05, 3.63) is 28.8 Å². The standard InChI is InChI=1S/C19H28ClN3O2/c1-4-5-14(2)12-18(24)22-8-10-23(11-9-22)19(25)21-16-7-6-15(3)17(20)13-16/h6-7,13-14H,4-5,8-12H2,1-3H3,(H,21,25). The summed E-state index contributed by atoms with van der Waals surface area (Å²) in [7, 11) is 0. The maximum atomic E-state index is 12.4. The summed E-state index contributed by atoms with van der Waals surface area (Å²) in [4.78, 5) is 28.3. The Balaban J connectivity index is 1.81. The molecule has 1 aromatic rings. The van der Waals surface area contributed by atoms with Crippen LogP contribution in [0.2, 0.25) is 5.02 Å². The molecule has 0 aliphatic carbocycles. The molecule has 0 spiro atoms. The number of urea groups is 1. The summed E-state index contributed by atoms with van der Waals surface area (Å²) in [5, 5.41) is 3.51. The van der Waals surface area contributed by atoms with Gasteiger partial charge in [0.2, 0.25) is 5.91 Å². The molecule has 1 N–H and O–H groups in total. The predicted molar refractivity (Wildman–Crippen MR) is 102 cm³/mol. The van der Waals surface area contributed by atoms with Crippen molar-refractivity contribution >= 4 is 29.2 Å². The first-order valence-electron chi connectivity index (χ1n) is 9.00. The van der Waals surface area contributed by atoms with Crippen LogP contribution in [0.5, 0.6) is 0 Å². The Kier molecular flexibility index (Phi) is 7.12. The number of anilines is 1. The summed E-state index contributed by atoms with van der Waals surface area (Å²) in [5.74, 6) is 0.622. The van der Waals surface area contributed by atoms with Crippen molar-refractivity contribution < 1.29 is 9.59 Å². The van der Waals surface area contributed by atoms with Gasteiger partial charge in [-0.25, -0.2) is 4.79 Å². The van der Waals surface area contributed by atoms with Crippen LogP contribution in [0.15, 0.2) is 18.2 Å². The minimum Gasteiger partial charge on any atom is -0.339 e. The lowest BCUT2D eigenvalue weighted by Crippen LogP contribution is -2.51. The van der Waals surface area contributed by atoms with Crippen LogP contribution >= 0.6 is 11.6 Å². The molecular weight excluding hydrogens is 338 g/mol. The zero-order valence-electron chi connectivity index (χ0n) is 15.3. The number of carbonyl (C=O) groups excluding carboxylic acids is 2. The third-order valence-corrected chi connectivity index (χ3v) is 5.05. The van der Waals surface area contributed by atoms with Crippen molar-refractivity contribution in [2.75, 3.05) is 31.5 Å². The lowest BCUT2D eigenvalue weighted by atomic mass is 10.0. The molecule has 5 nitrogen and oxygen atoms in total. The van der Waals surface area contributed by atoms with Crippen LogP contribution in [0.4, 0.5) is 10.5 Å². The number of nitrogens with one attached hydrogen (secondary N) is 1. The maximum Gasteiger partial charge on any atom is 0.321 e. The Hall–Kier alpha value is -1.75. The number of aryl methyl sites for hydroxylation is 1. The first-order valence-corrected chi connectivity index (χ1v) is 9.38. The Morgan fingerprint density at radius 3 is 2.44 bits per heavy atom. The van der Waals surface area contributed by atoms with Crippen molar-refractivity contribution in [1.82, 2.24) is 9.80 Å². The summed E-state index contributed by atoms with van der Waals surface area (Å²) in [6.07, 6.45) is 2.78. The van der Waals surface area contributed by atoms with E-state index in [-0.39, 0.29) is 11.9 Å². The average molecular weight is 366 g/mol. The van der Waals surface area contributed by atoms with Crippen LogP contribution < -0.4 is 5.32 Å². The zero-order valence-corrected chi connectivity index (χ0v) is 16.1. The van der Waals surface area contributed by atoms with Gasteiger partial charge in [0.1, 0.15) is 0 Å². The van der Waals surface area contributed by atoms with E-state index in [1.54, 1.807) is 11.0 Å². The third kappa shape index (κ3) is 5.63. The number of hydrogen-bond acceptors (Lipinski definition) is 2. The summed E-state index contributed by atoms with van der Waals surface area (Å²) in [6.45, 7) is 8.49. The van der Waals surface area contributed by atoms with Crippen molar-refractivity contribution in [2.24, 2.45) is 5.92 Å². The highest BCUT2D eigenvalue weighted by atomic mass is 35.5. The molecular formula is C19H28ClN3O2. The normalized spacial score (nSPS) is 15.8. The van der Waals surface area contributed by atoms with E-state index in [1.165, 1.54) is 0 Å². The number of hydrogen-bond donors (Lipinski definition) is 1. The summed E-state index contributed by atoms with van der Waals surface area (Å²) in [5.41, 5.74) is 1.66.